The van der Waals surface area contributed by atoms with Gasteiger partial charge in [0.05, 0.1) is 23.7 Å². The Morgan fingerprint density at radius 3 is 2.49 bits per heavy atom. The third-order valence-electron chi connectivity index (χ3n) is 6.46. The normalized spacial score (nSPS) is 11.1. The van der Waals surface area contributed by atoms with Gasteiger partial charge in [-0.2, -0.15) is 0 Å². The molecule has 10 nitrogen and oxygen atoms in total. The van der Waals surface area contributed by atoms with Crippen LogP contribution in [-0.2, 0) is 11.4 Å². The average molecular weight is 571 g/mol. The molecule has 0 spiro atoms. The van der Waals surface area contributed by atoms with Gasteiger partial charge in [-0.25, -0.2) is 14.8 Å². The van der Waals surface area contributed by atoms with Crippen LogP contribution in [0.25, 0.3) is 16.9 Å². The van der Waals surface area contributed by atoms with Crippen molar-refractivity contribution < 1.29 is 19.5 Å². The lowest BCUT2D eigenvalue weighted by Crippen LogP contribution is -2.00. The minimum absolute atomic E-state index is 0.216. The van der Waals surface area contributed by atoms with E-state index in [1.165, 1.54) is 0 Å². The molecule has 43 heavy (non-hydrogen) atoms. The van der Waals surface area contributed by atoms with Crippen LogP contribution in [0, 0.1) is 6.92 Å². The predicted molar refractivity (Wildman–Crippen MR) is 163 cm³/mol. The lowest BCUT2D eigenvalue weighted by atomic mass is 10.1. The number of benzene rings is 3. The van der Waals surface area contributed by atoms with E-state index in [0.29, 0.717) is 11.6 Å². The fourth-order valence-electron chi connectivity index (χ4n) is 4.37. The second-order valence-electron chi connectivity index (χ2n) is 9.63. The van der Waals surface area contributed by atoms with Gasteiger partial charge in [0, 0.05) is 29.2 Å². The fraction of sp³-hybridized carbons (Fsp3) is 0.0606. The number of nitrogens with zero attached hydrogens (tertiary/aromatic N) is 5. The molecule has 0 bridgehead atoms. The van der Waals surface area contributed by atoms with Crippen LogP contribution in [-0.4, -0.2) is 36.6 Å². The van der Waals surface area contributed by atoms with Crippen LogP contribution in [0.5, 0.6) is 11.6 Å². The zero-order valence-electron chi connectivity index (χ0n) is 23.1. The molecular formula is C33H26N6O4. The van der Waals surface area contributed by atoms with E-state index < -0.39 is 5.97 Å². The van der Waals surface area contributed by atoms with Crippen molar-refractivity contribution >= 4 is 29.3 Å². The number of hydrogen-bond donors (Lipinski definition) is 2. The first-order valence-corrected chi connectivity index (χ1v) is 13.4. The van der Waals surface area contributed by atoms with E-state index in [0.717, 1.165) is 45.2 Å². The summed E-state index contributed by atoms with van der Waals surface area (Å²) in [7, 11) is 0. The van der Waals surface area contributed by atoms with Gasteiger partial charge in [0.25, 0.3) is 0 Å². The van der Waals surface area contributed by atoms with E-state index in [1.807, 2.05) is 84.3 Å². The summed E-state index contributed by atoms with van der Waals surface area (Å²) in [6, 6.07) is 27.7. The number of aryl methyl sites for hydroxylation is 1. The third-order valence-corrected chi connectivity index (χ3v) is 6.46. The van der Waals surface area contributed by atoms with Crippen molar-refractivity contribution in [1.29, 1.82) is 0 Å². The first kappa shape index (κ1) is 27.2. The summed E-state index contributed by atoms with van der Waals surface area (Å²) in [6.07, 6.45) is 6.81. The van der Waals surface area contributed by atoms with Crippen molar-refractivity contribution in [3.05, 3.63) is 132 Å². The Bertz CT molecular complexity index is 1900. The van der Waals surface area contributed by atoms with Crippen molar-refractivity contribution in [2.45, 2.75) is 13.5 Å². The monoisotopic (exact) mass is 570 g/mol. The maximum Gasteiger partial charge on any atom is 0.335 e. The van der Waals surface area contributed by atoms with E-state index in [1.54, 1.807) is 42.9 Å². The van der Waals surface area contributed by atoms with Gasteiger partial charge >= 0.3 is 5.97 Å². The van der Waals surface area contributed by atoms with Crippen LogP contribution in [0.4, 0.5) is 11.5 Å². The number of carboxylic acids is 1. The van der Waals surface area contributed by atoms with Crippen LogP contribution < -0.4 is 10.1 Å². The lowest BCUT2D eigenvalue weighted by Gasteiger charge is -2.10. The first-order chi connectivity index (χ1) is 21.0. The second-order valence-corrected chi connectivity index (χ2v) is 9.63. The van der Waals surface area contributed by atoms with E-state index in [2.05, 4.69) is 20.4 Å². The predicted octanol–water partition coefficient (Wildman–Crippen LogP) is 6.88. The van der Waals surface area contributed by atoms with Crippen molar-refractivity contribution in [2.75, 3.05) is 5.32 Å². The Balaban J connectivity index is 1.17. The number of hydrogen-bond acceptors (Lipinski definition) is 8. The number of ether oxygens (including phenoxy) is 1. The summed E-state index contributed by atoms with van der Waals surface area (Å²) in [5, 5.41) is 16.8. The van der Waals surface area contributed by atoms with Gasteiger partial charge in [-0.15, -0.1) is 0 Å². The number of pyridine rings is 1. The van der Waals surface area contributed by atoms with Crippen LogP contribution >= 0.6 is 0 Å². The molecule has 212 valence electrons. The topological polar surface area (TPSA) is 123 Å². The number of oxime groups is 1. The SMILES string of the molecule is Cc1cncc(Oc2ccc(C=NOCc3ccc4nc(-c5ccccc5)c(Nc5ccc(C(=O)O)cc5)n4c3)cc2)n1. The fourth-order valence-corrected chi connectivity index (χ4v) is 4.37. The van der Waals surface area contributed by atoms with E-state index >= 15 is 0 Å². The molecule has 0 aliphatic carbocycles. The molecule has 0 aliphatic rings. The number of fused-ring (bicyclic) bond motifs is 1. The Morgan fingerprint density at radius 1 is 0.953 bits per heavy atom. The van der Waals surface area contributed by atoms with Crippen LogP contribution in [0.2, 0.25) is 0 Å². The molecule has 6 aromatic rings. The molecule has 0 radical (unpaired) electrons. The molecule has 0 fully saturated rings. The van der Waals surface area contributed by atoms with Crippen molar-refractivity contribution in [3.63, 3.8) is 0 Å². The molecule has 10 heteroatoms. The van der Waals surface area contributed by atoms with E-state index in [4.69, 9.17) is 14.6 Å². The van der Waals surface area contributed by atoms with Gasteiger partial charge in [-0.1, -0.05) is 41.6 Å². The molecule has 3 heterocycles. The first-order valence-electron chi connectivity index (χ1n) is 13.4. The minimum Gasteiger partial charge on any atom is -0.478 e. The third kappa shape index (κ3) is 6.49. The number of nitrogens with one attached hydrogen (secondary N) is 1. The summed E-state index contributed by atoms with van der Waals surface area (Å²) < 4.78 is 7.69. The highest BCUT2D eigenvalue weighted by molar-refractivity contribution is 5.88. The summed E-state index contributed by atoms with van der Waals surface area (Å²) in [4.78, 5) is 30.1. The van der Waals surface area contributed by atoms with Crippen LogP contribution in [0.15, 0.2) is 115 Å². The largest absolute Gasteiger partial charge is 0.478 e. The van der Waals surface area contributed by atoms with Crippen molar-refractivity contribution in [2.24, 2.45) is 5.16 Å². The number of carboxylic acid groups (broad SMARTS) is 1. The lowest BCUT2D eigenvalue weighted by molar-refractivity contribution is 0.0697. The number of carbonyl (C=O) groups is 1. The molecule has 6 rings (SSSR count). The van der Waals surface area contributed by atoms with Crippen LogP contribution in [0.1, 0.15) is 27.2 Å². The smallest absolute Gasteiger partial charge is 0.335 e. The number of imidazole rings is 1. The minimum atomic E-state index is -0.974. The van der Waals surface area contributed by atoms with Gasteiger partial charge in [-0.05, 0) is 67.1 Å². The van der Waals surface area contributed by atoms with E-state index in [-0.39, 0.29) is 12.2 Å². The molecule has 3 aromatic heterocycles. The zero-order valence-corrected chi connectivity index (χ0v) is 23.1. The Labute approximate surface area is 246 Å². The standard InChI is InChI=1S/C33H26N6O4/c1-22-17-34-19-30(36-22)43-28-14-7-23(8-15-28)18-35-42-21-24-9-16-29-38-31(25-5-3-2-4-6-25)32(39(29)20-24)37-27-12-10-26(11-13-27)33(40)41/h2-20,37H,21H2,1H3,(H,40,41). The van der Waals surface area contributed by atoms with Crippen molar-refractivity contribution in [1.82, 2.24) is 19.4 Å². The molecule has 0 saturated carbocycles. The van der Waals surface area contributed by atoms with Gasteiger partial charge < -0.3 is 20.0 Å². The van der Waals surface area contributed by atoms with Crippen molar-refractivity contribution in [3.8, 4) is 22.9 Å². The molecule has 0 amide bonds. The highest BCUT2D eigenvalue weighted by Gasteiger charge is 2.15. The number of anilines is 2. The Morgan fingerprint density at radius 2 is 1.74 bits per heavy atom. The molecule has 0 atom stereocenters. The summed E-state index contributed by atoms with van der Waals surface area (Å²) in [5.41, 5.74) is 5.92. The molecule has 3 aromatic carbocycles. The summed E-state index contributed by atoms with van der Waals surface area (Å²) in [5.74, 6) is 0.848. The molecule has 0 aliphatic heterocycles. The number of aromatic carboxylic acids is 1. The molecule has 0 unspecified atom stereocenters. The quantitative estimate of drug-likeness (QED) is 0.135. The molecule has 0 saturated heterocycles. The van der Waals surface area contributed by atoms with Gasteiger partial charge in [0.15, 0.2) is 0 Å². The maximum atomic E-state index is 11.3. The van der Waals surface area contributed by atoms with E-state index in [9.17, 15) is 9.90 Å². The van der Waals surface area contributed by atoms with Crippen LogP contribution in [0.3, 0.4) is 0 Å². The molecular weight excluding hydrogens is 544 g/mol. The van der Waals surface area contributed by atoms with Gasteiger partial charge in [0.2, 0.25) is 5.88 Å². The van der Waals surface area contributed by atoms with Gasteiger partial charge in [-0.3, -0.25) is 9.38 Å². The molecule has 2 N–H and O–H groups in total. The average Bonchev–Trinajstić information content (AvgIpc) is 3.38. The summed E-state index contributed by atoms with van der Waals surface area (Å²) in [6.45, 7) is 2.10. The Kier molecular flexibility index (Phi) is 7.72. The Hall–Kier alpha value is -6.03. The number of aromatic nitrogens is 4. The summed E-state index contributed by atoms with van der Waals surface area (Å²) >= 11 is 0. The number of rotatable bonds is 10. The maximum absolute atomic E-state index is 11.3. The van der Waals surface area contributed by atoms with Gasteiger partial charge in [0.1, 0.15) is 29.5 Å². The second kappa shape index (κ2) is 12.2. The highest BCUT2D eigenvalue weighted by Crippen LogP contribution is 2.31. The zero-order chi connectivity index (χ0) is 29.6. The highest BCUT2D eigenvalue weighted by atomic mass is 16.6.